The van der Waals surface area contributed by atoms with E-state index < -0.39 is 5.91 Å². The van der Waals surface area contributed by atoms with Gasteiger partial charge in [0.1, 0.15) is 11.3 Å². The number of anilines is 1. The Balaban J connectivity index is 1.90. The highest BCUT2D eigenvalue weighted by molar-refractivity contribution is 6.12. The number of ketones is 1. The molecule has 3 aromatic rings. The van der Waals surface area contributed by atoms with Crippen LogP contribution in [-0.2, 0) is 11.2 Å². The van der Waals surface area contributed by atoms with Gasteiger partial charge >= 0.3 is 0 Å². The second-order valence-corrected chi connectivity index (χ2v) is 6.02. The lowest BCUT2D eigenvalue weighted by Gasteiger charge is -2.07. The highest BCUT2D eigenvalue weighted by Gasteiger charge is 2.26. The molecule has 0 unspecified atom stereocenters. The van der Waals surface area contributed by atoms with Crippen molar-refractivity contribution in [3.63, 3.8) is 0 Å². The van der Waals surface area contributed by atoms with Crippen LogP contribution in [0.1, 0.15) is 39.0 Å². The topological polar surface area (TPSA) is 102 Å². The number of hydrogen-bond acceptors (Lipinski definition) is 4. The molecule has 2 aromatic carbocycles. The third-order valence-corrected chi connectivity index (χ3v) is 4.17. The summed E-state index contributed by atoms with van der Waals surface area (Å²) < 4.78 is 5.41. The molecular weight excluding hydrogens is 332 g/mol. The van der Waals surface area contributed by atoms with E-state index in [0.29, 0.717) is 0 Å². The van der Waals surface area contributed by atoms with Crippen LogP contribution < -0.4 is 11.1 Å². The lowest BCUT2D eigenvalue weighted by Crippen LogP contribution is -2.20. The number of nitrogens with two attached hydrogens (primary N) is 1. The van der Waals surface area contributed by atoms with Crippen LogP contribution in [0.5, 0.6) is 0 Å². The van der Waals surface area contributed by atoms with Gasteiger partial charge in [0.25, 0.3) is 5.91 Å². The Labute approximate surface area is 150 Å². The monoisotopic (exact) mass is 350 g/mol. The zero-order valence-corrected chi connectivity index (χ0v) is 14.5. The van der Waals surface area contributed by atoms with Gasteiger partial charge in [0, 0.05) is 0 Å². The van der Waals surface area contributed by atoms with Gasteiger partial charge in [-0.3, -0.25) is 19.7 Å². The van der Waals surface area contributed by atoms with E-state index >= 15 is 0 Å². The smallest absolute Gasteiger partial charge is 0.255 e. The molecule has 0 bridgehead atoms. The maximum Gasteiger partial charge on any atom is 0.255 e. The Bertz CT molecular complexity index is 1030. The Hall–Kier alpha value is -3.41. The van der Waals surface area contributed by atoms with Gasteiger partial charge in [-0.1, -0.05) is 42.5 Å². The second kappa shape index (κ2) is 6.84. The summed E-state index contributed by atoms with van der Waals surface area (Å²) in [5, 5.41) is 4.57. The maximum atomic E-state index is 12.5. The molecule has 0 aliphatic carbocycles. The van der Waals surface area contributed by atoms with Gasteiger partial charge in [0.15, 0.2) is 5.78 Å². The number of carbonyl (C=O) groups is 3. The van der Waals surface area contributed by atoms with Crippen LogP contribution in [-0.4, -0.2) is 17.6 Å². The number of rotatable bonds is 5. The van der Waals surface area contributed by atoms with E-state index in [9.17, 15) is 14.4 Å². The first kappa shape index (κ1) is 17.4. The first-order valence-electron chi connectivity index (χ1n) is 8.09. The van der Waals surface area contributed by atoms with Crippen molar-refractivity contribution in [2.45, 2.75) is 20.3 Å². The van der Waals surface area contributed by atoms with Crippen LogP contribution in [0.2, 0.25) is 0 Å². The van der Waals surface area contributed by atoms with Crippen LogP contribution >= 0.6 is 0 Å². The molecule has 6 heteroatoms. The minimum Gasteiger partial charge on any atom is -0.444 e. The summed E-state index contributed by atoms with van der Waals surface area (Å²) in [4.78, 5) is 36.0. The van der Waals surface area contributed by atoms with Crippen molar-refractivity contribution in [1.29, 1.82) is 0 Å². The van der Waals surface area contributed by atoms with E-state index in [-0.39, 0.29) is 40.9 Å². The lowest BCUT2D eigenvalue weighted by atomic mass is 10.0. The van der Waals surface area contributed by atoms with Gasteiger partial charge in [-0.25, -0.2) is 0 Å². The molecule has 0 saturated carbocycles. The zero-order chi connectivity index (χ0) is 18.8. The van der Waals surface area contributed by atoms with E-state index in [1.54, 1.807) is 6.92 Å². The third kappa shape index (κ3) is 3.21. The van der Waals surface area contributed by atoms with Crippen molar-refractivity contribution < 1.29 is 18.8 Å². The molecule has 0 aliphatic rings. The molecule has 26 heavy (non-hydrogen) atoms. The number of nitrogens with one attached hydrogen (secondary N) is 1. The van der Waals surface area contributed by atoms with Crippen molar-refractivity contribution >= 4 is 34.3 Å². The van der Waals surface area contributed by atoms with E-state index in [4.69, 9.17) is 10.2 Å². The van der Waals surface area contributed by atoms with Crippen LogP contribution in [0.25, 0.3) is 10.8 Å². The Morgan fingerprint density at radius 1 is 1.04 bits per heavy atom. The molecule has 6 nitrogen and oxygen atoms in total. The molecule has 3 N–H and O–H groups in total. The normalized spacial score (nSPS) is 10.7. The van der Waals surface area contributed by atoms with Crippen molar-refractivity contribution in [3.05, 3.63) is 64.9 Å². The average molecular weight is 350 g/mol. The SMILES string of the molecule is CC(=O)c1c(C)oc(NC(=O)Cc2cccc3ccccc23)c1C(N)=O. The van der Waals surface area contributed by atoms with Crippen LogP contribution in [0, 0.1) is 6.92 Å². The first-order chi connectivity index (χ1) is 12.4. The number of benzene rings is 2. The van der Waals surface area contributed by atoms with Crippen molar-refractivity contribution in [3.8, 4) is 0 Å². The summed E-state index contributed by atoms with van der Waals surface area (Å²) in [6.45, 7) is 2.86. The molecule has 1 heterocycles. The van der Waals surface area contributed by atoms with Crippen molar-refractivity contribution in [1.82, 2.24) is 0 Å². The lowest BCUT2D eigenvalue weighted by molar-refractivity contribution is -0.115. The quantitative estimate of drug-likeness (QED) is 0.690. The highest BCUT2D eigenvalue weighted by atomic mass is 16.4. The molecule has 0 atom stereocenters. The van der Waals surface area contributed by atoms with Crippen LogP contribution in [0.15, 0.2) is 46.9 Å². The van der Waals surface area contributed by atoms with Crippen molar-refractivity contribution in [2.24, 2.45) is 5.73 Å². The van der Waals surface area contributed by atoms with Crippen molar-refractivity contribution in [2.75, 3.05) is 5.32 Å². The van der Waals surface area contributed by atoms with Gasteiger partial charge in [0.05, 0.1) is 12.0 Å². The number of primary amides is 1. The molecule has 132 valence electrons. The standard InChI is InChI=1S/C20H18N2O4/c1-11(23)17-12(2)26-20(18(17)19(21)25)22-16(24)10-14-8-5-7-13-6-3-4-9-15(13)14/h3-9H,10H2,1-2H3,(H2,21,25)(H,22,24). The Kier molecular flexibility index (Phi) is 4.58. The highest BCUT2D eigenvalue weighted by Crippen LogP contribution is 2.27. The van der Waals surface area contributed by atoms with E-state index in [1.807, 2.05) is 42.5 Å². The summed E-state index contributed by atoms with van der Waals surface area (Å²) in [6.07, 6.45) is 0.0920. The van der Waals surface area contributed by atoms with Crippen LogP contribution in [0.4, 0.5) is 5.88 Å². The Morgan fingerprint density at radius 3 is 2.42 bits per heavy atom. The van der Waals surface area contributed by atoms with Gasteiger partial charge in [-0.05, 0) is 30.2 Å². The van der Waals surface area contributed by atoms with E-state index in [0.717, 1.165) is 16.3 Å². The van der Waals surface area contributed by atoms with Gasteiger partial charge in [-0.2, -0.15) is 0 Å². The van der Waals surface area contributed by atoms with Gasteiger partial charge < -0.3 is 10.2 Å². The summed E-state index contributed by atoms with van der Waals surface area (Å²) in [6, 6.07) is 13.5. The number of aryl methyl sites for hydroxylation is 1. The number of Topliss-reactive ketones (excluding diaryl/α,β-unsaturated/α-hetero) is 1. The summed E-state index contributed by atoms with van der Waals surface area (Å²) in [5.41, 5.74) is 6.21. The van der Waals surface area contributed by atoms with Gasteiger partial charge in [-0.15, -0.1) is 0 Å². The van der Waals surface area contributed by atoms with Crippen LogP contribution in [0.3, 0.4) is 0 Å². The Morgan fingerprint density at radius 2 is 1.73 bits per heavy atom. The fraction of sp³-hybridized carbons (Fsp3) is 0.150. The fourth-order valence-corrected chi connectivity index (χ4v) is 3.08. The largest absolute Gasteiger partial charge is 0.444 e. The second-order valence-electron chi connectivity index (χ2n) is 6.02. The molecule has 3 rings (SSSR count). The molecule has 0 aliphatic heterocycles. The minimum atomic E-state index is -0.826. The number of amides is 2. The molecule has 0 saturated heterocycles. The summed E-state index contributed by atoms with van der Waals surface area (Å²) in [7, 11) is 0. The number of furan rings is 1. The molecule has 0 fully saturated rings. The molecular formula is C20H18N2O4. The third-order valence-electron chi connectivity index (χ3n) is 4.17. The molecule has 0 radical (unpaired) electrons. The van der Waals surface area contributed by atoms with E-state index in [1.165, 1.54) is 6.92 Å². The van der Waals surface area contributed by atoms with E-state index in [2.05, 4.69) is 5.32 Å². The predicted octanol–water partition coefficient (Wildman–Crippen LogP) is 3.22. The molecule has 2 amide bonds. The zero-order valence-electron chi connectivity index (χ0n) is 14.5. The van der Waals surface area contributed by atoms with Gasteiger partial charge in [0.2, 0.25) is 11.8 Å². The number of hydrogen-bond donors (Lipinski definition) is 2. The summed E-state index contributed by atoms with van der Waals surface area (Å²) >= 11 is 0. The summed E-state index contributed by atoms with van der Waals surface area (Å²) in [5.74, 6) is -1.40. The molecule has 0 spiro atoms. The molecule has 1 aromatic heterocycles. The number of carbonyl (C=O) groups excluding carboxylic acids is 3. The predicted molar refractivity (Wildman–Crippen MR) is 98.2 cm³/mol. The number of fused-ring (bicyclic) bond motifs is 1. The minimum absolute atomic E-state index is 0.0920. The first-order valence-corrected chi connectivity index (χ1v) is 8.09. The maximum absolute atomic E-state index is 12.5. The average Bonchev–Trinajstić information content (AvgIpc) is 2.91. The fourth-order valence-electron chi connectivity index (χ4n) is 3.08.